The molecule has 1 heterocycles. The van der Waals surface area contributed by atoms with Gasteiger partial charge in [0, 0.05) is 6.42 Å². The molecule has 1 fully saturated rings. The number of carbonyl (C=O) groups excluding carboxylic acids is 2. The zero-order valence-electron chi connectivity index (χ0n) is 20.6. The number of ether oxygens (including phenoxy) is 3. The van der Waals surface area contributed by atoms with E-state index in [0.29, 0.717) is 39.5 Å². The standard InChI is InChI=1S/C29H27NO5S2/c1-3-34-24-18-21(14-15-23(24)35-17-16-20-10-6-4-7-11-20)19-25-27(31)30(29(36)37-25)26(28(32)33-2)22-12-8-5-9-13-22/h4-15,18-19,26H,3,16-17H2,1-2H3/b25-19-. The van der Waals surface area contributed by atoms with Crippen LogP contribution in [0.1, 0.15) is 29.7 Å². The number of thioether (sulfide) groups is 1. The van der Waals surface area contributed by atoms with Crippen LogP contribution in [0.2, 0.25) is 0 Å². The predicted molar refractivity (Wildman–Crippen MR) is 149 cm³/mol. The number of hydrogen-bond donors (Lipinski definition) is 0. The number of carbonyl (C=O) groups is 2. The number of methoxy groups -OCH3 is 1. The fraction of sp³-hybridized carbons (Fsp3) is 0.207. The van der Waals surface area contributed by atoms with E-state index in [0.717, 1.165) is 23.7 Å². The van der Waals surface area contributed by atoms with E-state index in [1.165, 1.54) is 17.6 Å². The molecule has 0 aromatic heterocycles. The molecule has 3 aromatic carbocycles. The summed E-state index contributed by atoms with van der Waals surface area (Å²) in [6.45, 7) is 2.89. The van der Waals surface area contributed by atoms with Gasteiger partial charge in [0.05, 0.1) is 25.2 Å². The van der Waals surface area contributed by atoms with E-state index >= 15 is 0 Å². The average Bonchev–Trinajstić information content (AvgIpc) is 3.19. The van der Waals surface area contributed by atoms with Crippen LogP contribution in [0.5, 0.6) is 11.5 Å². The molecular formula is C29H27NO5S2. The summed E-state index contributed by atoms with van der Waals surface area (Å²) < 4.78 is 17.1. The molecule has 1 amide bonds. The van der Waals surface area contributed by atoms with Crippen LogP contribution in [0.15, 0.2) is 83.8 Å². The first kappa shape index (κ1) is 26.4. The van der Waals surface area contributed by atoms with Crippen LogP contribution >= 0.6 is 24.0 Å². The number of amides is 1. The van der Waals surface area contributed by atoms with Crippen LogP contribution in [0.25, 0.3) is 6.08 Å². The van der Waals surface area contributed by atoms with Gasteiger partial charge in [0.2, 0.25) is 0 Å². The molecule has 3 aromatic rings. The Labute approximate surface area is 226 Å². The maximum atomic E-state index is 13.4. The first-order valence-corrected chi connectivity index (χ1v) is 13.1. The molecule has 0 spiro atoms. The number of thiocarbonyl (C=S) groups is 1. The lowest BCUT2D eigenvalue weighted by Gasteiger charge is -2.24. The van der Waals surface area contributed by atoms with E-state index in [1.54, 1.807) is 30.3 Å². The first-order chi connectivity index (χ1) is 18.0. The Bertz CT molecular complexity index is 1290. The summed E-state index contributed by atoms with van der Waals surface area (Å²) in [5, 5.41) is 0. The molecule has 1 saturated heterocycles. The van der Waals surface area contributed by atoms with E-state index in [9.17, 15) is 9.59 Å². The van der Waals surface area contributed by atoms with Crippen molar-refractivity contribution in [1.29, 1.82) is 0 Å². The van der Waals surface area contributed by atoms with Gasteiger partial charge in [-0.3, -0.25) is 9.69 Å². The summed E-state index contributed by atoms with van der Waals surface area (Å²) >= 11 is 6.66. The van der Waals surface area contributed by atoms with E-state index in [-0.39, 0.29) is 5.91 Å². The van der Waals surface area contributed by atoms with Crippen LogP contribution in [-0.2, 0) is 20.7 Å². The third-order valence-electron chi connectivity index (χ3n) is 5.68. The van der Waals surface area contributed by atoms with Crippen LogP contribution < -0.4 is 9.47 Å². The summed E-state index contributed by atoms with van der Waals surface area (Å²) in [7, 11) is 1.30. The Hall–Kier alpha value is -3.62. The van der Waals surface area contributed by atoms with Gasteiger partial charge in [-0.25, -0.2) is 4.79 Å². The first-order valence-electron chi connectivity index (χ1n) is 11.8. The van der Waals surface area contributed by atoms with E-state index in [1.807, 2.05) is 49.4 Å². The highest BCUT2D eigenvalue weighted by atomic mass is 32.2. The lowest BCUT2D eigenvalue weighted by Crippen LogP contribution is -2.37. The highest BCUT2D eigenvalue weighted by Crippen LogP contribution is 2.39. The molecule has 37 heavy (non-hydrogen) atoms. The minimum atomic E-state index is -0.955. The Morgan fingerprint density at radius 3 is 2.38 bits per heavy atom. The molecule has 0 aliphatic carbocycles. The van der Waals surface area contributed by atoms with Gasteiger partial charge < -0.3 is 14.2 Å². The van der Waals surface area contributed by atoms with Crippen LogP contribution in [0, 0.1) is 0 Å². The molecule has 0 saturated carbocycles. The molecule has 1 unspecified atom stereocenters. The molecule has 190 valence electrons. The predicted octanol–water partition coefficient (Wildman–Crippen LogP) is 5.82. The topological polar surface area (TPSA) is 65.1 Å². The molecule has 0 N–H and O–H groups in total. The molecule has 0 bridgehead atoms. The van der Waals surface area contributed by atoms with Crippen molar-refractivity contribution in [3.63, 3.8) is 0 Å². The van der Waals surface area contributed by atoms with Crippen LogP contribution in [0.3, 0.4) is 0 Å². The number of esters is 1. The number of nitrogens with zero attached hydrogens (tertiary/aromatic N) is 1. The SMILES string of the molecule is CCOc1cc(/C=C2\SC(=S)N(C(C(=O)OC)c3ccccc3)C2=O)ccc1OCCc1ccccc1. The lowest BCUT2D eigenvalue weighted by atomic mass is 10.1. The smallest absolute Gasteiger partial charge is 0.333 e. The van der Waals surface area contributed by atoms with Crippen LogP contribution in [0.4, 0.5) is 0 Å². The van der Waals surface area contributed by atoms with Crippen molar-refractivity contribution in [2.75, 3.05) is 20.3 Å². The van der Waals surface area contributed by atoms with Crippen molar-refractivity contribution in [2.24, 2.45) is 0 Å². The number of benzene rings is 3. The van der Waals surface area contributed by atoms with E-state index in [4.69, 9.17) is 26.4 Å². The molecule has 1 atom stereocenters. The third kappa shape index (κ3) is 6.39. The molecular weight excluding hydrogens is 506 g/mol. The van der Waals surface area contributed by atoms with Gasteiger partial charge in [-0.2, -0.15) is 0 Å². The van der Waals surface area contributed by atoms with Crippen molar-refractivity contribution < 1.29 is 23.8 Å². The normalized spacial score (nSPS) is 15.1. The summed E-state index contributed by atoms with van der Waals surface area (Å²) in [4.78, 5) is 27.8. The largest absolute Gasteiger partial charge is 0.490 e. The van der Waals surface area contributed by atoms with Gasteiger partial charge in [0.25, 0.3) is 5.91 Å². The van der Waals surface area contributed by atoms with Crippen molar-refractivity contribution in [3.05, 3.63) is 100 Å². The molecule has 8 heteroatoms. The minimum Gasteiger partial charge on any atom is -0.490 e. The van der Waals surface area contributed by atoms with E-state index in [2.05, 4.69) is 12.1 Å². The minimum absolute atomic E-state index is 0.293. The Morgan fingerprint density at radius 1 is 1.00 bits per heavy atom. The Morgan fingerprint density at radius 2 is 1.70 bits per heavy atom. The molecule has 6 nitrogen and oxygen atoms in total. The molecule has 1 aliphatic rings. The summed E-state index contributed by atoms with van der Waals surface area (Å²) in [5.74, 6) is 0.323. The molecule has 0 radical (unpaired) electrons. The fourth-order valence-corrected chi connectivity index (χ4v) is 5.23. The Kier molecular flexibility index (Phi) is 8.98. The second kappa shape index (κ2) is 12.6. The number of hydrogen-bond acceptors (Lipinski definition) is 7. The van der Waals surface area contributed by atoms with E-state index < -0.39 is 12.0 Å². The third-order valence-corrected chi connectivity index (χ3v) is 7.01. The zero-order chi connectivity index (χ0) is 26.2. The van der Waals surface area contributed by atoms with Gasteiger partial charge in [-0.1, -0.05) is 90.7 Å². The van der Waals surface area contributed by atoms with Gasteiger partial charge in [0.1, 0.15) is 4.32 Å². The quantitative estimate of drug-likeness (QED) is 0.185. The van der Waals surface area contributed by atoms with Gasteiger partial charge >= 0.3 is 5.97 Å². The van der Waals surface area contributed by atoms with Crippen molar-refractivity contribution in [2.45, 2.75) is 19.4 Å². The van der Waals surface area contributed by atoms with Gasteiger partial charge in [-0.05, 0) is 41.8 Å². The van der Waals surface area contributed by atoms with Crippen LogP contribution in [-0.4, -0.2) is 41.4 Å². The van der Waals surface area contributed by atoms with Crippen molar-refractivity contribution >= 4 is 46.3 Å². The molecule has 4 rings (SSSR count). The monoisotopic (exact) mass is 533 g/mol. The molecule has 1 aliphatic heterocycles. The lowest BCUT2D eigenvalue weighted by molar-refractivity contribution is -0.148. The fourth-order valence-electron chi connectivity index (χ4n) is 3.92. The average molecular weight is 534 g/mol. The zero-order valence-corrected chi connectivity index (χ0v) is 22.2. The second-order valence-corrected chi connectivity index (χ2v) is 9.79. The summed E-state index contributed by atoms with van der Waals surface area (Å²) in [6, 6.07) is 23.7. The van der Waals surface area contributed by atoms with Gasteiger partial charge in [0.15, 0.2) is 17.5 Å². The Balaban J connectivity index is 1.54. The van der Waals surface area contributed by atoms with Gasteiger partial charge in [-0.15, -0.1) is 0 Å². The highest BCUT2D eigenvalue weighted by Gasteiger charge is 2.41. The van der Waals surface area contributed by atoms with Crippen molar-refractivity contribution in [1.82, 2.24) is 4.90 Å². The maximum Gasteiger partial charge on any atom is 0.333 e. The second-order valence-electron chi connectivity index (χ2n) is 8.11. The number of rotatable bonds is 10. The summed E-state index contributed by atoms with van der Waals surface area (Å²) in [5.41, 5.74) is 2.58. The maximum absolute atomic E-state index is 13.4. The van der Waals surface area contributed by atoms with Crippen molar-refractivity contribution in [3.8, 4) is 11.5 Å². The summed E-state index contributed by atoms with van der Waals surface area (Å²) in [6.07, 6.45) is 2.52. The highest BCUT2D eigenvalue weighted by molar-refractivity contribution is 8.26.